The van der Waals surface area contributed by atoms with E-state index in [2.05, 4.69) is 16.5 Å². The number of rotatable bonds is 6. The summed E-state index contributed by atoms with van der Waals surface area (Å²) in [6.07, 6.45) is 0.754. The van der Waals surface area contributed by atoms with Gasteiger partial charge in [-0.05, 0) is 20.3 Å². The van der Waals surface area contributed by atoms with E-state index in [9.17, 15) is 18.4 Å². The molecule has 1 fully saturated rings. The van der Waals surface area contributed by atoms with Gasteiger partial charge in [0, 0.05) is 44.9 Å². The molecule has 0 aliphatic carbocycles. The van der Waals surface area contributed by atoms with Crippen LogP contribution in [0.2, 0.25) is 0 Å². The number of benzene rings is 1. The zero-order valence-electron chi connectivity index (χ0n) is 20.6. The minimum atomic E-state index is -2.96. The van der Waals surface area contributed by atoms with Crippen molar-refractivity contribution in [2.24, 2.45) is 0 Å². The largest absolute Gasteiger partial charge is 0.348 e. The third kappa shape index (κ3) is 4.36. The van der Waals surface area contributed by atoms with Gasteiger partial charge >= 0.3 is 0 Å². The Morgan fingerprint density at radius 3 is 2.58 bits per heavy atom. The SMILES string of the molecule is C=C[C@H](c1cccc(C(F)F)c1F)N(C)c1nc(C)nc2cc(=O)n([C@]3(C)CCN(C(C)=O)C3)cc12. The number of pyridine rings is 1. The van der Waals surface area contributed by atoms with Gasteiger partial charge < -0.3 is 14.4 Å². The molecule has 1 aromatic carbocycles. The van der Waals surface area contributed by atoms with Crippen LogP contribution in [0.5, 0.6) is 0 Å². The summed E-state index contributed by atoms with van der Waals surface area (Å²) in [6, 6.07) is 4.47. The number of hydrogen-bond donors (Lipinski definition) is 0. The summed E-state index contributed by atoms with van der Waals surface area (Å²) in [6.45, 7) is 9.80. The Bertz CT molecular complexity index is 1410. The molecule has 190 valence electrons. The van der Waals surface area contributed by atoms with Crippen molar-refractivity contribution in [1.82, 2.24) is 19.4 Å². The number of alkyl halides is 2. The van der Waals surface area contributed by atoms with Crippen molar-refractivity contribution in [3.63, 3.8) is 0 Å². The molecule has 0 bridgehead atoms. The van der Waals surface area contributed by atoms with Crippen LogP contribution < -0.4 is 10.5 Å². The highest BCUT2D eigenvalue weighted by molar-refractivity contribution is 5.89. The smallest absolute Gasteiger partial charge is 0.266 e. The summed E-state index contributed by atoms with van der Waals surface area (Å²) in [5.74, 6) is -0.281. The van der Waals surface area contributed by atoms with E-state index in [1.54, 1.807) is 34.5 Å². The van der Waals surface area contributed by atoms with Crippen molar-refractivity contribution in [3.05, 3.63) is 76.2 Å². The fourth-order valence-corrected chi connectivity index (χ4v) is 4.89. The second kappa shape index (κ2) is 9.40. The zero-order valence-corrected chi connectivity index (χ0v) is 20.6. The highest BCUT2D eigenvalue weighted by atomic mass is 19.3. The number of hydrogen-bond acceptors (Lipinski definition) is 5. The van der Waals surface area contributed by atoms with Crippen LogP contribution in [0.25, 0.3) is 10.9 Å². The molecule has 7 nitrogen and oxygen atoms in total. The molecule has 0 saturated carbocycles. The number of likely N-dealkylation sites (N-methyl/N-ethyl adjacent to an activating group) is 1. The molecule has 0 spiro atoms. The Hall–Kier alpha value is -3.69. The first-order valence-corrected chi connectivity index (χ1v) is 11.6. The molecule has 0 N–H and O–H groups in total. The van der Waals surface area contributed by atoms with E-state index < -0.39 is 29.4 Å². The molecule has 1 aliphatic heterocycles. The first-order valence-electron chi connectivity index (χ1n) is 11.6. The number of carbonyl (C=O) groups excluding carboxylic acids is 1. The monoisotopic (exact) mass is 499 g/mol. The van der Waals surface area contributed by atoms with Crippen LogP contribution in [0.4, 0.5) is 19.0 Å². The summed E-state index contributed by atoms with van der Waals surface area (Å²) in [4.78, 5) is 37.3. The average Bonchev–Trinajstić information content (AvgIpc) is 3.22. The van der Waals surface area contributed by atoms with E-state index in [4.69, 9.17) is 0 Å². The van der Waals surface area contributed by atoms with Crippen LogP contribution in [-0.2, 0) is 10.3 Å². The lowest BCUT2D eigenvalue weighted by atomic mass is 10.00. The Morgan fingerprint density at radius 2 is 1.97 bits per heavy atom. The maximum atomic E-state index is 15.0. The molecule has 3 aromatic rings. The molecule has 10 heteroatoms. The highest BCUT2D eigenvalue weighted by Crippen LogP contribution is 2.35. The van der Waals surface area contributed by atoms with E-state index in [0.29, 0.717) is 42.1 Å². The van der Waals surface area contributed by atoms with Gasteiger partial charge in [-0.2, -0.15) is 0 Å². The van der Waals surface area contributed by atoms with Gasteiger partial charge in [-0.15, -0.1) is 6.58 Å². The number of fused-ring (bicyclic) bond motifs is 1. The van der Waals surface area contributed by atoms with Crippen molar-refractivity contribution < 1.29 is 18.0 Å². The van der Waals surface area contributed by atoms with E-state index in [1.807, 2.05) is 6.92 Å². The number of anilines is 1. The molecule has 0 unspecified atom stereocenters. The molecule has 1 amide bonds. The molecule has 1 aliphatic rings. The minimum Gasteiger partial charge on any atom is -0.348 e. The van der Waals surface area contributed by atoms with Gasteiger partial charge in [-0.25, -0.2) is 23.1 Å². The van der Waals surface area contributed by atoms with Crippen molar-refractivity contribution in [2.45, 2.75) is 45.2 Å². The minimum absolute atomic E-state index is 0.0305. The number of likely N-dealkylation sites (tertiary alicyclic amines) is 1. The van der Waals surface area contributed by atoms with E-state index in [-0.39, 0.29) is 17.0 Å². The van der Waals surface area contributed by atoms with Crippen LogP contribution in [0.1, 0.15) is 49.7 Å². The number of aromatic nitrogens is 3. The fourth-order valence-electron chi connectivity index (χ4n) is 4.89. The van der Waals surface area contributed by atoms with Crippen LogP contribution in [-0.4, -0.2) is 45.5 Å². The lowest BCUT2D eigenvalue weighted by Gasteiger charge is -2.30. The van der Waals surface area contributed by atoms with Crippen molar-refractivity contribution in [1.29, 1.82) is 0 Å². The van der Waals surface area contributed by atoms with Gasteiger partial charge in [0.1, 0.15) is 17.5 Å². The second-order valence-corrected chi connectivity index (χ2v) is 9.41. The van der Waals surface area contributed by atoms with Gasteiger partial charge in [0.2, 0.25) is 5.91 Å². The quantitative estimate of drug-likeness (QED) is 0.467. The summed E-state index contributed by atoms with van der Waals surface area (Å²) in [7, 11) is 1.66. The topological polar surface area (TPSA) is 71.3 Å². The Balaban J connectivity index is 1.86. The third-order valence-corrected chi connectivity index (χ3v) is 6.89. The van der Waals surface area contributed by atoms with Crippen molar-refractivity contribution in [3.8, 4) is 0 Å². The molecule has 4 rings (SSSR count). The van der Waals surface area contributed by atoms with Gasteiger partial charge in [-0.1, -0.05) is 24.3 Å². The number of nitrogens with zero attached hydrogens (tertiary/aromatic N) is 5. The normalized spacial score (nSPS) is 18.6. The predicted molar refractivity (Wildman–Crippen MR) is 132 cm³/mol. The van der Waals surface area contributed by atoms with Gasteiger partial charge in [0.15, 0.2) is 0 Å². The molecular weight excluding hydrogens is 471 g/mol. The molecule has 1 saturated heterocycles. The Morgan fingerprint density at radius 1 is 1.28 bits per heavy atom. The van der Waals surface area contributed by atoms with Crippen LogP contribution in [0.3, 0.4) is 0 Å². The van der Waals surface area contributed by atoms with Gasteiger partial charge in [0.25, 0.3) is 12.0 Å². The maximum absolute atomic E-state index is 15.0. The first kappa shape index (κ1) is 25.4. The zero-order chi connectivity index (χ0) is 26.4. The van der Waals surface area contributed by atoms with E-state index in [1.165, 1.54) is 31.2 Å². The molecular formula is C26H28F3N5O2. The first-order chi connectivity index (χ1) is 17.0. The molecule has 3 heterocycles. The van der Waals surface area contributed by atoms with Crippen molar-refractivity contribution in [2.75, 3.05) is 25.0 Å². The summed E-state index contributed by atoms with van der Waals surface area (Å²) < 4.78 is 43.3. The number of halogens is 3. The van der Waals surface area contributed by atoms with Crippen LogP contribution in [0, 0.1) is 12.7 Å². The maximum Gasteiger partial charge on any atom is 0.266 e. The Labute approximate surface area is 206 Å². The summed E-state index contributed by atoms with van der Waals surface area (Å²) in [5, 5.41) is 0.530. The number of carbonyl (C=O) groups is 1. The summed E-state index contributed by atoms with van der Waals surface area (Å²) >= 11 is 0. The van der Waals surface area contributed by atoms with E-state index >= 15 is 4.39 Å². The molecule has 2 atom stereocenters. The predicted octanol–water partition coefficient (Wildman–Crippen LogP) is 4.51. The standard InChI is InChI=1S/C26H28F3N5O2/c1-6-21(17-8-7-9-18(23(17)27)24(28)29)32(5)25-19-13-34(22(36)12-20(19)30-15(2)31-25)26(4)10-11-33(14-26)16(3)35/h6-9,12-13,21,24H,1,10-11,14H2,2-5H3/t21-,26-/m1/s1. The highest BCUT2D eigenvalue weighted by Gasteiger charge is 2.37. The second-order valence-electron chi connectivity index (χ2n) is 9.41. The third-order valence-electron chi connectivity index (χ3n) is 6.89. The van der Waals surface area contributed by atoms with Crippen LogP contribution >= 0.6 is 0 Å². The fraction of sp³-hybridized carbons (Fsp3) is 0.385. The average molecular weight is 500 g/mol. The molecule has 0 radical (unpaired) electrons. The number of amides is 1. The van der Waals surface area contributed by atoms with Gasteiger partial charge in [0.05, 0.1) is 28.0 Å². The van der Waals surface area contributed by atoms with Crippen molar-refractivity contribution >= 4 is 22.6 Å². The van der Waals surface area contributed by atoms with Crippen LogP contribution in [0.15, 0.2) is 47.9 Å². The lowest BCUT2D eigenvalue weighted by Crippen LogP contribution is -2.41. The lowest BCUT2D eigenvalue weighted by molar-refractivity contribution is -0.128. The summed E-state index contributed by atoms with van der Waals surface area (Å²) in [5.41, 5.74) is -1.15. The Kier molecular flexibility index (Phi) is 6.64. The molecule has 2 aromatic heterocycles. The number of aryl methyl sites for hydroxylation is 1. The van der Waals surface area contributed by atoms with E-state index in [0.717, 1.165) is 6.07 Å². The van der Waals surface area contributed by atoms with Gasteiger partial charge in [-0.3, -0.25) is 9.59 Å². The molecule has 36 heavy (non-hydrogen) atoms.